The number of carbonyl (C=O) groups is 2. The van der Waals surface area contributed by atoms with Crippen LogP contribution in [0.25, 0.3) is 32.9 Å². The average molecular weight is 999 g/mol. The van der Waals surface area contributed by atoms with Gasteiger partial charge in [-0.25, -0.2) is 13.6 Å². The molecule has 4 aliphatic rings. The van der Waals surface area contributed by atoms with Gasteiger partial charge in [-0.05, 0) is 141 Å². The zero-order chi connectivity index (χ0) is 51.4. The first-order valence-electron chi connectivity index (χ1n) is 26.6. The van der Waals surface area contributed by atoms with Crippen LogP contribution in [0.5, 0.6) is 11.8 Å². The number of ether oxygens (including phenoxy) is 2. The molecule has 0 bridgehead atoms. The van der Waals surface area contributed by atoms with E-state index in [1.807, 2.05) is 24.0 Å². The van der Waals surface area contributed by atoms with Crippen LogP contribution in [-0.4, -0.2) is 94.7 Å². The number of nitrogens with two attached hydrogens (primary N) is 1. The first-order chi connectivity index (χ1) is 33.5. The summed E-state index contributed by atoms with van der Waals surface area (Å²) in [6, 6.07) is 7.12. The minimum atomic E-state index is -2.48. The highest BCUT2D eigenvalue weighted by atomic mass is 28.4. The molecule has 3 aliphatic heterocycles. The van der Waals surface area contributed by atoms with Crippen molar-refractivity contribution in [3.05, 3.63) is 47.7 Å². The van der Waals surface area contributed by atoms with Gasteiger partial charge in [-0.15, -0.1) is 0 Å². The number of carbonyl (C=O) groups excluding carboxylic acids is 2. The molecule has 4 aromatic rings. The van der Waals surface area contributed by atoms with Crippen molar-refractivity contribution in [1.29, 1.82) is 0 Å². The molecule has 3 saturated heterocycles. The molecule has 0 spiro atoms. The van der Waals surface area contributed by atoms with Crippen molar-refractivity contribution in [2.45, 2.75) is 193 Å². The highest BCUT2D eigenvalue weighted by Crippen LogP contribution is 2.54. The summed E-state index contributed by atoms with van der Waals surface area (Å²) in [5.41, 5.74) is 5.01. The Hall–Kier alpha value is -4.47. The van der Waals surface area contributed by atoms with E-state index in [4.69, 9.17) is 34.6 Å². The van der Waals surface area contributed by atoms with E-state index in [0.29, 0.717) is 65.7 Å². The standard InChI is InChI=1S/C56H80F2N6O6Si/c1-12-42-45(57)20-17-38-27-41(70-71(34(2)3,35(4)5)36(6)7)28-43(46(38)42)48-47(58)49-44(30-60-48)50(63-25-13-22-54(11,67)32-63)62-52(61-49)68-33-55-23-14-26-64(55)40(21-24-55)29-56(53(8,9)10,69-51(59)66)39-18-15-37(31-65)16-19-39/h17,20,27-28,30-31,34-37,39-40,67H,12-16,18-19,21-26,29,32-33H2,1-11H3,(H2,59,66)/t37?,39?,40-,54+,55-,56?/m0/s1. The molecule has 12 nitrogen and oxygen atoms in total. The number of aldehydes is 1. The maximum absolute atomic E-state index is 18.0. The molecular weight excluding hydrogens is 919 g/mol. The van der Waals surface area contributed by atoms with E-state index in [9.17, 15) is 14.7 Å². The lowest BCUT2D eigenvalue weighted by atomic mass is 9.61. The fourth-order valence-corrected chi connectivity index (χ4v) is 19.4. The van der Waals surface area contributed by atoms with Crippen LogP contribution in [0.15, 0.2) is 30.5 Å². The molecule has 5 heterocycles. The molecule has 1 aliphatic carbocycles. The van der Waals surface area contributed by atoms with Crippen LogP contribution in [0.4, 0.5) is 19.4 Å². The number of aryl methyl sites for hydroxylation is 1. The van der Waals surface area contributed by atoms with Gasteiger partial charge in [-0.2, -0.15) is 9.97 Å². The molecular formula is C56H80F2N6O6Si. The summed E-state index contributed by atoms with van der Waals surface area (Å²) < 4.78 is 54.2. The second kappa shape index (κ2) is 20.1. The molecule has 1 amide bonds. The van der Waals surface area contributed by atoms with Crippen molar-refractivity contribution >= 4 is 48.2 Å². The second-order valence-electron chi connectivity index (χ2n) is 23.9. The zero-order valence-corrected chi connectivity index (χ0v) is 45.3. The summed E-state index contributed by atoms with van der Waals surface area (Å²) in [5.74, 6) is 0.0467. The molecule has 8 rings (SSSR count). The Balaban J connectivity index is 1.20. The number of rotatable bonds is 16. The minimum Gasteiger partial charge on any atom is -0.543 e. The van der Waals surface area contributed by atoms with Gasteiger partial charge < -0.3 is 34.4 Å². The number of hydrogen-bond acceptors (Lipinski definition) is 11. The molecule has 4 atom stereocenters. The summed E-state index contributed by atoms with van der Waals surface area (Å²) in [6.45, 7) is 25.4. The number of amides is 1. The fraction of sp³-hybridized carbons (Fsp3) is 0.661. The van der Waals surface area contributed by atoms with Crippen LogP contribution in [0.3, 0.4) is 0 Å². The number of benzene rings is 2. The van der Waals surface area contributed by atoms with Crippen LogP contribution >= 0.6 is 0 Å². The van der Waals surface area contributed by atoms with E-state index >= 15 is 8.78 Å². The highest BCUT2D eigenvalue weighted by molar-refractivity contribution is 6.78. The van der Waals surface area contributed by atoms with Crippen molar-refractivity contribution in [3.63, 3.8) is 0 Å². The van der Waals surface area contributed by atoms with E-state index < -0.39 is 36.8 Å². The molecule has 15 heteroatoms. The normalized spacial score (nSPS) is 25.3. The Bertz CT molecular complexity index is 2590. The van der Waals surface area contributed by atoms with Crippen molar-refractivity contribution in [1.82, 2.24) is 19.9 Å². The lowest BCUT2D eigenvalue weighted by molar-refractivity contribution is -0.137. The number of nitrogens with zero attached hydrogens (tertiary/aromatic N) is 5. The molecule has 3 N–H and O–H groups in total. The summed E-state index contributed by atoms with van der Waals surface area (Å²) in [4.78, 5) is 43.8. The van der Waals surface area contributed by atoms with Crippen LogP contribution in [-0.2, 0) is 16.0 Å². The number of aromatic nitrogens is 3. The number of hydrogen-bond donors (Lipinski definition) is 2. The molecule has 1 saturated carbocycles. The minimum absolute atomic E-state index is 0.0137. The van der Waals surface area contributed by atoms with Gasteiger partial charge in [0.1, 0.15) is 47.1 Å². The number of fused-ring (bicyclic) bond motifs is 3. The molecule has 0 radical (unpaired) electrons. The maximum Gasteiger partial charge on any atom is 0.405 e. The predicted octanol–water partition coefficient (Wildman–Crippen LogP) is 12.2. The van der Waals surface area contributed by atoms with Crippen LogP contribution < -0.4 is 19.8 Å². The first-order valence-corrected chi connectivity index (χ1v) is 28.7. The SMILES string of the molecule is CCc1c(F)ccc2cc(O[Si](C(C)C)(C(C)C)C(C)C)cc(-c3ncc4c(N5CCC[C@@](C)(O)C5)nc(OC[C@@]56CCCN5[C@H](CC(OC(N)=O)(C5CCC(C=O)CC5)C(C)(C)C)CC6)nc4c3F)c12. The van der Waals surface area contributed by atoms with Crippen molar-refractivity contribution in [3.8, 4) is 23.0 Å². The van der Waals surface area contributed by atoms with Crippen molar-refractivity contribution in [2.24, 2.45) is 23.0 Å². The van der Waals surface area contributed by atoms with E-state index in [1.54, 1.807) is 19.2 Å². The third kappa shape index (κ3) is 9.77. The molecule has 2 aromatic carbocycles. The third-order valence-corrected chi connectivity index (χ3v) is 23.6. The van der Waals surface area contributed by atoms with Gasteiger partial charge in [0, 0.05) is 48.6 Å². The summed E-state index contributed by atoms with van der Waals surface area (Å²) in [6.07, 6.45) is 10.8. The van der Waals surface area contributed by atoms with Crippen LogP contribution in [0.1, 0.15) is 152 Å². The molecule has 1 unspecified atom stereocenters. The van der Waals surface area contributed by atoms with Crippen LogP contribution in [0, 0.1) is 28.9 Å². The lowest BCUT2D eigenvalue weighted by Gasteiger charge is -2.52. The average Bonchev–Trinajstić information content (AvgIpc) is 3.88. The monoisotopic (exact) mass is 999 g/mol. The lowest BCUT2D eigenvalue weighted by Crippen LogP contribution is -2.58. The maximum atomic E-state index is 18.0. The number of piperidine rings is 1. The number of halogens is 2. The topological polar surface area (TPSA) is 153 Å². The molecule has 2 aromatic heterocycles. The summed E-state index contributed by atoms with van der Waals surface area (Å²) in [5, 5.41) is 13.0. The molecule has 71 heavy (non-hydrogen) atoms. The summed E-state index contributed by atoms with van der Waals surface area (Å²) in [7, 11) is -2.48. The van der Waals surface area contributed by atoms with Crippen molar-refractivity contribution < 1.29 is 37.4 Å². The van der Waals surface area contributed by atoms with Gasteiger partial charge in [-0.1, -0.05) is 75.3 Å². The third-order valence-electron chi connectivity index (χ3n) is 17.6. The Morgan fingerprint density at radius 1 is 0.972 bits per heavy atom. The van der Waals surface area contributed by atoms with E-state index in [0.717, 1.165) is 69.6 Å². The number of primary amides is 1. The quantitative estimate of drug-likeness (QED) is 0.0814. The Morgan fingerprint density at radius 2 is 1.66 bits per heavy atom. The smallest absolute Gasteiger partial charge is 0.405 e. The van der Waals surface area contributed by atoms with E-state index in [1.165, 1.54) is 6.07 Å². The fourth-order valence-electron chi connectivity index (χ4n) is 14.2. The largest absolute Gasteiger partial charge is 0.543 e. The Kier molecular flexibility index (Phi) is 15.0. The van der Waals surface area contributed by atoms with Gasteiger partial charge in [0.15, 0.2) is 5.82 Å². The van der Waals surface area contributed by atoms with Gasteiger partial charge in [0.25, 0.3) is 8.32 Å². The highest BCUT2D eigenvalue weighted by Gasteiger charge is 2.58. The van der Waals surface area contributed by atoms with Gasteiger partial charge in [-0.3, -0.25) is 9.88 Å². The van der Waals surface area contributed by atoms with Gasteiger partial charge in [0.2, 0.25) is 0 Å². The van der Waals surface area contributed by atoms with Gasteiger partial charge in [0.05, 0.1) is 16.5 Å². The predicted molar refractivity (Wildman–Crippen MR) is 279 cm³/mol. The second-order valence-corrected chi connectivity index (χ2v) is 29.3. The number of aliphatic hydroxyl groups is 1. The van der Waals surface area contributed by atoms with E-state index in [2.05, 4.69) is 67.2 Å². The zero-order valence-electron chi connectivity index (χ0n) is 44.3. The van der Waals surface area contributed by atoms with Crippen molar-refractivity contribution in [2.75, 3.05) is 31.1 Å². The van der Waals surface area contributed by atoms with Crippen LogP contribution in [0.2, 0.25) is 16.6 Å². The molecule has 4 fully saturated rings. The Morgan fingerprint density at radius 3 is 2.28 bits per heavy atom. The molecule has 388 valence electrons. The summed E-state index contributed by atoms with van der Waals surface area (Å²) >= 11 is 0. The van der Waals surface area contributed by atoms with Gasteiger partial charge >= 0.3 is 12.1 Å². The van der Waals surface area contributed by atoms with E-state index in [-0.39, 0.29) is 76.2 Å². The Labute approximate surface area is 421 Å². The number of pyridine rings is 1. The number of β-amino-alcohol motifs (C(OH)–C–C–N with tert-alkyl or cyclic N) is 1. The first kappa shape index (κ1) is 52.8. The number of anilines is 1.